The molecular weight excluding hydrogens is 228 g/mol. The van der Waals surface area contributed by atoms with Crippen LogP contribution in [0.25, 0.3) is 0 Å². The molecule has 0 bridgehead atoms. The molecule has 18 heavy (non-hydrogen) atoms. The van der Waals surface area contributed by atoms with E-state index in [4.69, 9.17) is 0 Å². The lowest BCUT2D eigenvalue weighted by Crippen LogP contribution is -2.33. The van der Waals surface area contributed by atoms with Crippen LogP contribution in [0.15, 0.2) is 45.2 Å². The molecule has 0 unspecified atom stereocenters. The summed E-state index contributed by atoms with van der Waals surface area (Å²) in [7, 11) is 0. The summed E-state index contributed by atoms with van der Waals surface area (Å²) in [5, 5.41) is 0. The zero-order chi connectivity index (χ0) is 13.5. The summed E-state index contributed by atoms with van der Waals surface area (Å²) < 4.78 is 1.18. The van der Waals surface area contributed by atoms with Crippen LogP contribution in [0.5, 0.6) is 0 Å². The van der Waals surface area contributed by atoms with Gasteiger partial charge in [-0.25, -0.2) is 4.79 Å². The number of hydrogen-bond donors (Lipinski definition) is 1. The van der Waals surface area contributed by atoms with Gasteiger partial charge in [-0.2, -0.15) is 0 Å². The molecule has 0 saturated heterocycles. The van der Waals surface area contributed by atoms with Crippen LogP contribution in [0.4, 0.5) is 0 Å². The highest BCUT2D eigenvalue weighted by Crippen LogP contribution is 2.06. The highest BCUT2D eigenvalue weighted by Gasteiger charge is 1.97. The molecule has 1 rings (SSSR count). The highest BCUT2D eigenvalue weighted by atomic mass is 16.2. The van der Waals surface area contributed by atoms with Crippen LogP contribution in [0.1, 0.15) is 33.6 Å². The third kappa shape index (κ3) is 4.57. The maximum Gasteiger partial charge on any atom is 0.328 e. The van der Waals surface area contributed by atoms with Gasteiger partial charge in [0, 0.05) is 18.8 Å². The van der Waals surface area contributed by atoms with Crippen LogP contribution in [0.3, 0.4) is 0 Å². The Morgan fingerprint density at radius 3 is 2.61 bits per heavy atom. The fraction of sp³-hybridized carbons (Fsp3) is 0.429. The van der Waals surface area contributed by atoms with E-state index in [0.29, 0.717) is 6.54 Å². The Morgan fingerprint density at radius 2 is 2.00 bits per heavy atom. The summed E-state index contributed by atoms with van der Waals surface area (Å²) in [6, 6.07) is 1.35. The van der Waals surface area contributed by atoms with Gasteiger partial charge in [0.25, 0.3) is 5.56 Å². The number of nitrogens with zero attached hydrogens (tertiary/aromatic N) is 1. The van der Waals surface area contributed by atoms with Gasteiger partial charge in [0.15, 0.2) is 0 Å². The molecule has 1 heterocycles. The van der Waals surface area contributed by atoms with Crippen molar-refractivity contribution in [3.63, 3.8) is 0 Å². The lowest BCUT2D eigenvalue weighted by Gasteiger charge is -2.02. The average Bonchev–Trinajstić information content (AvgIpc) is 2.27. The molecule has 0 spiro atoms. The van der Waals surface area contributed by atoms with Crippen LogP contribution < -0.4 is 11.2 Å². The number of aromatic nitrogens is 2. The molecule has 0 amide bonds. The van der Waals surface area contributed by atoms with Crippen molar-refractivity contribution in [2.75, 3.05) is 0 Å². The largest absolute Gasteiger partial charge is 0.328 e. The molecule has 1 N–H and O–H groups in total. The van der Waals surface area contributed by atoms with E-state index in [9.17, 15) is 9.59 Å². The number of aromatic amines is 1. The molecule has 1 aromatic heterocycles. The number of rotatable bonds is 5. The molecule has 98 valence electrons. The van der Waals surface area contributed by atoms with E-state index >= 15 is 0 Å². The van der Waals surface area contributed by atoms with E-state index in [1.54, 1.807) is 0 Å². The Kier molecular flexibility index (Phi) is 5.36. The van der Waals surface area contributed by atoms with Gasteiger partial charge in [0.05, 0.1) is 0 Å². The van der Waals surface area contributed by atoms with Crippen LogP contribution in [-0.2, 0) is 6.54 Å². The van der Waals surface area contributed by atoms with Gasteiger partial charge in [0.2, 0.25) is 0 Å². The van der Waals surface area contributed by atoms with Crippen molar-refractivity contribution >= 4 is 0 Å². The molecule has 0 atom stereocenters. The third-order valence-corrected chi connectivity index (χ3v) is 2.66. The summed E-state index contributed by atoms with van der Waals surface area (Å²) in [5.74, 6) is 0. The second-order valence-electron chi connectivity index (χ2n) is 4.60. The first-order valence-corrected chi connectivity index (χ1v) is 6.08. The minimum atomic E-state index is -0.365. The van der Waals surface area contributed by atoms with E-state index in [-0.39, 0.29) is 11.2 Å². The average molecular weight is 248 g/mol. The van der Waals surface area contributed by atoms with Gasteiger partial charge in [-0.05, 0) is 33.6 Å². The molecule has 0 radical (unpaired) electrons. The Hall–Kier alpha value is -1.84. The Balaban J connectivity index is 2.66. The molecule has 0 aromatic carbocycles. The van der Waals surface area contributed by atoms with E-state index in [1.807, 2.05) is 13.0 Å². The summed E-state index contributed by atoms with van der Waals surface area (Å²) in [4.78, 5) is 25.4. The molecule has 4 heteroatoms. The van der Waals surface area contributed by atoms with E-state index in [0.717, 1.165) is 12.8 Å². The molecule has 0 aliphatic heterocycles. The number of H-pyrrole nitrogens is 1. The zero-order valence-corrected chi connectivity index (χ0v) is 11.2. The van der Waals surface area contributed by atoms with E-state index in [1.165, 1.54) is 28.0 Å². The maximum absolute atomic E-state index is 11.5. The molecular formula is C14H20N2O2. The smallest absolute Gasteiger partial charge is 0.314 e. The van der Waals surface area contributed by atoms with Crippen LogP contribution >= 0.6 is 0 Å². The SMILES string of the molecule is CC(C)=CCC/C(C)=C\Cn1c(=O)cc[nH]c1=O. The van der Waals surface area contributed by atoms with Gasteiger partial charge in [-0.15, -0.1) is 0 Å². The molecule has 0 aliphatic carbocycles. The predicted molar refractivity (Wildman–Crippen MR) is 73.7 cm³/mol. The summed E-state index contributed by atoms with van der Waals surface area (Å²) in [5.41, 5.74) is 1.85. The fourth-order valence-electron chi connectivity index (χ4n) is 1.56. The van der Waals surface area contributed by atoms with Gasteiger partial charge in [0.1, 0.15) is 0 Å². The van der Waals surface area contributed by atoms with Crippen molar-refractivity contribution in [2.24, 2.45) is 0 Å². The fourth-order valence-corrected chi connectivity index (χ4v) is 1.56. The molecule has 0 saturated carbocycles. The standard InChI is InChI=1S/C14H20N2O2/c1-11(2)5-4-6-12(3)8-10-16-13(17)7-9-15-14(16)18/h5,7-9H,4,6,10H2,1-3H3,(H,15,18)/b12-8-. The molecule has 4 nitrogen and oxygen atoms in total. The number of hydrogen-bond acceptors (Lipinski definition) is 2. The number of nitrogens with one attached hydrogen (secondary N) is 1. The topological polar surface area (TPSA) is 54.9 Å². The summed E-state index contributed by atoms with van der Waals surface area (Å²) in [6.07, 6.45) is 7.41. The first-order valence-electron chi connectivity index (χ1n) is 6.08. The second-order valence-corrected chi connectivity index (χ2v) is 4.60. The van der Waals surface area contributed by atoms with Crippen molar-refractivity contribution in [3.8, 4) is 0 Å². The molecule has 1 aromatic rings. The Labute approximate surface area is 107 Å². The second kappa shape index (κ2) is 6.79. The van der Waals surface area contributed by atoms with Crippen molar-refractivity contribution < 1.29 is 0 Å². The van der Waals surface area contributed by atoms with Gasteiger partial charge < -0.3 is 4.98 Å². The van der Waals surface area contributed by atoms with Crippen LogP contribution in [-0.4, -0.2) is 9.55 Å². The zero-order valence-electron chi connectivity index (χ0n) is 11.2. The van der Waals surface area contributed by atoms with Crippen LogP contribution in [0.2, 0.25) is 0 Å². The Morgan fingerprint density at radius 1 is 1.28 bits per heavy atom. The summed E-state index contributed by atoms with van der Waals surface area (Å²) in [6.45, 7) is 6.49. The van der Waals surface area contributed by atoms with Crippen LogP contribution in [0, 0.1) is 0 Å². The number of allylic oxidation sites excluding steroid dienone is 4. The van der Waals surface area contributed by atoms with Gasteiger partial charge >= 0.3 is 5.69 Å². The van der Waals surface area contributed by atoms with Crippen molar-refractivity contribution in [1.82, 2.24) is 9.55 Å². The minimum absolute atomic E-state index is 0.271. The normalized spacial score (nSPS) is 11.4. The van der Waals surface area contributed by atoms with Crippen molar-refractivity contribution in [2.45, 2.75) is 40.2 Å². The predicted octanol–water partition coefficient (Wildman–Crippen LogP) is 2.23. The maximum atomic E-state index is 11.5. The Bertz CT molecular complexity index is 529. The van der Waals surface area contributed by atoms with Crippen molar-refractivity contribution in [3.05, 3.63) is 56.4 Å². The third-order valence-electron chi connectivity index (χ3n) is 2.66. The van der Waals surface area contributed by atoms with Gasteiger partial charge in [-0.1, -0.05) is 23.3 Å². The summed E-state index contributed by atoms with van der Waals surface area (Å²) >= 11 is 0. The first kappa shape index (κ1) is 14.2. The lowest BCUT2D eigenvalue weighted by atomic mass is 10.1. The first-order chi connectivity index (χ1) is 8.50. The monoisotopic (exact) mass is 248 g/mol. The van der Waals surface area contributed by atoms with E-state index < -0.39 is 0 Å². The quantitative estimate of drug-likeness (QED) is 0.812. The molecule has 0 fully saturated rings. The minimum Gasteiger partial charge on any atom is -0.314 e. The van der Waals surface area contributed by atoms with E-state index in [2.05, 4.69) is 24.9 Å². The molecule has 0 aliphatic rings. The van der Waals surface area contributed by atoms with Gasteiger partial charge in [-0.3, -0.25) is 9.36 Å². The lowest BCUT2D eigenvalue weighted by molar-refractivity contribution is 0.707. The highest BCUT2D eigenvalue weighted by molar-refractivity contribution is 5.02. The van der Waals surface area contributed by atoms with Crippen molar-refractivity contribution in [1.29, 1.82) is 0 Å².